The zero-order valence-electron chi connectivity index (χ0n) is 10.5. The first-order valence-corrected chi connectivity index (χ1v) is 5.29. The number of hydrogen-bond donors (Lipinski definition) is 0. The molecule has 1 heterocycles. The van der Waals surface area contributed by atoms with Crippen LogP contribution in [0.15, 0.2) is 18.2 Å². The molecule has 1 aromatic rings. The quantitative estimate of drug-likeness (QED) is 0.420. The van der Waals surface area contributed by atoms with Crippen LogP contribution in [-0.2, 0) is 11.0 Å². The molecule has 0 radical (unpaired) electrons. The van der Waals surface area contributed by atoms with E-state index >= 15 is 0 Å². The number of amides is 1. The van der Waals surface area contributed by atoms with Crippen molar-refractivity contribution in [1.29, 1.82) is 0 Å². The monoisotopic (exact) mass is 335 g/mol. The fourth-order valence-corrected chi connectivity index (χ4v) is 1.87. The van der Waals surface area contributed by atoms with Gasteiger partial charge in [-0.05, 0) is 24.6 Å². The van der Waals surface area contributed by atoms with Gasteiger partial charge in [0.25, 0.3) is 11.7 Å². The van der Waals surface area contributed by atoms with E-state index in [1.807, 2.05) is 0 Å². The van der Waals surface area contributed by atoms with Crippen LogP contribution in [0.5, 0.6) is 0 Å². The summed E-state index contributed by atoms with van der Waals surface area (Å²) in [5.74, 6) is -2.84. The van der Waals surface area contributed by atoms with Crippen molar-refractivity contribution in [2.24, 2.45) is 0 Å². The molecule has 2 rings (SSSR count). The number of ketones is 1. The second-order valence-corrected chi connectivity index (χ2v) is 4.18. The maximum absolute atomic E-state index is 12.5. The number of benzene rings is 1. The van der Waals surface area contributed by atoms with Crippen molar-refractivity contribution >= 4 is 24.4 Å². The normalized spacial score (nSPS) is 15.0. The van der Waals surface area contributed by atoms with E-state index in [1.54, 1.807) is 0 Å². The molecule has 21 heavy (non-hydrogen) atoms. The number of fused-ring (bicyclic) bond motifs is 1. The summed E-state index contributed by atoms with van der Waals surface area (Å²) >= 11 is 0. The molecule has 1 aliphatic rings. The van der Waals surface area contributed by atoms with Crippen LogP contribution in [0.25, 0.3) is 0 Å². The largest absolute Gasteiger partial charge is 1.00 e. The van der Waals surface area contributed by atoms with Crippen LogP contribution >= 0.6 is 0 Å². The Morgan fingerprint density at radius 2 is 1.67 bits per heavy atom. The molecule has 0 saturated heterocycles. The molecule has 3 nitrogen and oxygen atoms in total. The molecule has 0 atom stereocenters. The van der Waals surface area contributed by atoms with Crippen LogP contribution in [0, 0.1) is 0 Å². The predicted octanol–water partition coefficient (Wildman–Crippen LogP) is -0.375. The van der Waals surface area contributed by atoms with Gasteiger partial charge >= 0.3 is 64.5 Å². The zero-order valence-corrected chi connectivity index (χ0v) is 13.7. The van der Waals surface area contributed by atoms with E-state index in [-0.39, 0.29) is 56.3 Å². The Labute approximate surface area is 157 Å². The van der Waals surface area contributed by atoms with Gasteiger partial charge in [0.15, 0.2) is 0 Å². The number of carbonyl (C=O) groups excluding carboxylic acids is 2. The molecule has 0 aromatic heterocycles. The minimum atomic E-state index is -5.40. The van der Waals surface area contributed by atoms with Gasteiger partial charge in [0, 0.05) is 0 Å². The van der Waals surface area contributed by atoms with Crippen molar-refractivity contribution in [2.75, 3.05) is 11.3 Å². The number of carbonyl (C=O) groups is 2. The Kier molecular flexibility index (Phi) is 5.37. The van der Waals surface area contributed by atoms with Gasteiger partial charge < -0.3 is 17.8 Å². The smallest absolute Gasteiger partial charge is 0.448 e. The summed E-state index contributed by atoms with van der Waals surface area (Å²) in [4.78, 5) is 23.0. The summed E-state index contributed by atoms with van der Waals surface area (Å²) < 4.78 is 74.4. The summed E-state index contributed by atoms with van der Waals surface area (Å²) in [5.41, 5.74) is -2.31. The van der Waals surface area contributed by atoms with Gasteiger partial charge in [0.2, 0.25) is 0 Å². The fraction of sp³-hybridized carbons (Fsp3) is 0.200. The number of rotatable bonds is 2. The van der Waals surface area contributed by atoms with Crippen LogP contribution in [0.4, 0.5) is 31.8 Å². The minimum Gasteiger partial charge on any atom is -0.448 e. The standard InChI is InChI=1S/C10H5BF6NO2.K/c12-10(13,14)5-1-2-7-6(3-5)8(19)9(20)18(7)4-11(15,16)17;/h1-3H,4H2;/q-1;+1. The van der Waals surface area contributed by atoms with Crippen molar-refractivity contribution in [1.82, 2.24) is 0 Å². The first-order valence-electron chi connectivity index (χ1n) is 5.29. The van der Waals surface area contributed by atoms with Gasteiger partial charge in [0.1, 0.15) is 0 Å². The van der Waals surface area contributed by atoms with Crippen LogP contribution < -0.4 is 56.3 Å². The average Bonchev–Trinajstić information content (AvgIpc) is 2.51. The van der Waals surface area contributed by atoms with E-state index in [0.29, 0.717) is 18.2 Å². The number of nitrogens with zero attached hydrogens (tertiary/aromatic N) is 1. The first-order chi connectivity index (χ1) is 9.00. The van der Waals surface area contributed by atoms with Crippen molar-refractivity contribution in [3.05, 3.63) is 29.3 Å². The van der Waals surface area contributed by atoms with Crippen molar-refractivity contribution in [2.45, 2.75) is 6.18 Å². The third-order valence-electron chi connectivity index (χ3n) is 2.69. The number of alkyl halides is 3. The molecule has 1 aromatic carbocycles. The fourth-order valence-electron chi connectivity index (χ4n) is 1.87. The van der Waals surface area contributed by atoms with E-state index in [2.05, 4.69) is 0 Å². The molecule has 108 valence electrons. The maximum atomic E-state index is 12.5. The zero-order chi connectivity index (χ0) is 15.3. The molecule has 11 heteroatoms. The van der Waals surface area contributed by atoms with Crippen molar-refractivity contribution in [3.63, 3.8) is 0 Å². The van der Waals surface area contributed by atoms with E-state index in [0.717, 1.165) is 0 Å². The molecule has 0 aliphatic carbocycles. The predicted molar refractivity (Wildman–Crippen MR) is 57.2 cm³/mol. The Bertz CT molecular complexity index is 600. The van der Waals surface area contributed by atoms with Gasteiger partial charge in [-0.15, -0.1) is 0 Å². The molecule has 0 bridgehead atoms. The maximum Gasteiger partial charge on any atom is 1.00 e. The third kappa shape index (κ3) is 3.89. The molecule has 0 spiro atoms. The van der Waals surface area contributed by atoms with Crippen LogP contribution in [0.2, 0.25) is 0 Å². The van der Waals surface area contributed by atoms with E-state index < -0.39 is 48.1 Å². The molecule has 0 saturated carbocycles. The molecular weight excluding hydrogens is 330 g/mol. The van der Waals surface area contributed by atoms with E-state index in [4.69, 9.17) is 0 Å². The van der Waals surface area contributed by atoms with Crippen LogP contribution in [0.3, 0.4) is 0 Å². The van der Waals surface area contributed by atoms with Gasteiger partial charge in [-0.2, -0.15) is 13.2 Å². The number of halogens is 6. The molecule has 1 aliphatic heterocycles. The number of anilines is 1. The molecule has 0 unspecified atom stereocenters. The van der Waals surface area contributed by atoms with Crippen LogP contribution in [0.1, 0.15) is 15.9 Å². The first kappa shape index (κ1) is 18.7. The molecule has 0 N–H and O–H groups in total. The average molecular weight is 335 g/mol. The van der Waals surface area contributed by atoms with Gasteiger partial charge in [-0.1, -0.05) is 0 Å². The summed E-state index contributed by atoms with van der Waals surface area (Å²) in [6, 6.07) is 1.61. The van der Waals surface area contributed by atoms with E-state index in [9.17, 15) is 35.7 Å². The Morgan fingerprint density at radius 3 is 2.14 bits per heavy atom. The van der Waals surface area contributed by atoms with Gasteiger partial charge in [0.05, 0.1) is 16.8 Å². The summed E-state index contributed by atoms with van der Waals surface area (Å²) in [6.45, 7) is -5.40. The summed E-state index contributed by atoms with van der Waals surface area (Å²) in [7, 11) is 0. The minimum absolute atomic E-state index is 0. The molecule has 0 fully saturated rings. The second-order valence-electron chi connectivity index (χ2n) is 4.18. The molecule has 1 amide bonds. The third-order valence-corrected chi connectivity index (χ3v) is 2.69. The number of Topliss-reactive ketones (excluding diaryl/α,β-unsaturated/α-hetero) is 1. The Balaban J connectivity index is 0.00000220. The second kappa shape index (κ2) is 6.03. The topological polar surface area (TPSA) is 37.4 Å². The Hall–Kier alpha value is -0.359. The van der Waals surface area contributed by atoms with Gasteiger partial charge in [-0.25, -0.2) is 0 Å². The van der Waals surface area contributed by atoms with Gasteiger partial charge in [-0.3, -0.25) is 9.59 Å². The summed E-state index contributed by atoms with van der Waals surface area (Å²) in [6.07, 6.45) is -6.41. The van der Waals surface area contributed by atoms with Crippen molar-refractivity contribution < 1.29 is 87.1 Å². The van der Waals surface area contributed by atoms with E-state index in [1.165, 1.54) is 0 Å². The SMILES string of the molecule is O=C1C(=O)N(C[B-](F)(F)F)c2ccc(C(F)(F)F)cc21.[K+]. The van der Waals surface area contributed by atoms with Crippen LogP contribution in [-0.4, -0.2) is 25.1 Å². The van der Waals surface area contributed by atoms with Crippen molar-refractivity contribution in [3.8, 4) is 0 Å². The Morgan fingerprint density at radius 1 is 1.10 bits per heavy atom. The summed E-state index contributed by atoms with van der Waals surface area (Å²) in [5, 5.41) is 0. The molecular formula is C10H5BF6KNO2. The number of hydrogen-bond acceptors (Lipinski definition) is 2.